The van der Waals surface area contributed by atoms with Crippen molar-refractivity contribution in [3.8, 4) is 0 Å². The van der Waals surface area contributed by atoms with Crippen LogP contribution in [0.4, 0.5) is 5.69 Å². The van der Waals surface area contributed by atoms with Crippen LogP contribution in [0.15, 0.2) is 5.38 Å². The highest BCUT2D eigenvalue weighted by molar-refractivity contribution is 7.12. The first-order valence-corrected chi connectivity index (χ1v) is 5.72. The Labute approximate surface area is 105 Å². The van der Waals surface area contributed by atoms with Gasteiger partial charge in [-0.3, -0.25) is 4.79 Å². The first-order chi connectivity index (χ1) is 8.63. The fourth-order valence-electron chi connectivity index (χ4n) is 1.27. The third kappa shape index (κ3) is 2.20. The van der Waals surface area contributed by atoms with Crippen molar-refractivity contribution in [1.29, 1.82) is 0 Å². The quantitative estimate of drug-likeness (QED) is 0.788. The van der Waals surface area contributed by atoms with Crippen LogP contribution in [0.3, 0.4) is 0 Å². The Morgan fingerprint density at radius 1 is 1.50 bits per heavy atom. The lowest BCUT2D eigenvalue weighted by Crippen LogP contribution is -2.16. The Kier molecular flexibility index (Phi) is 3.33. The van der Waals surface area contributed by atoms with Gasteiger partial charge in [-0.1, -0.05) is 0 Å². The number of amides is 1. The van der Waals surface area contributed by atoms with Gasteiger partial charge in [0.1, 0.15) is 4.88 Å². The van der Waals surface area contributed by atoms with Crippen LogP contribution in [0.5, 0.6) is 0 Å². The van der Waals surface area contributed by atoms with Crippen LogP contribution in [-0.2, 0) is 4.74 Å². The number of carbonyl (C=O) groups excluding carboxylic acids is 2. The molecule has 0 saturated carbocycles. The predicted octanol–water partition coefficient (Wildman–Crippen LogP) is 0.609. The summed E-state index contributed by atoms with van der Waals surface area (Å²) in [5.74, 6) is -1.15. The van der Waals surface area contributed by atoms with Gasteiger partial charge in [-0.05, 0) is 23.1 Å². The number of aryl methyl sites for hydroxylation is 1. The Morgan fingerprint density at radius 2 is 2.28 bits per heavy atom. The molecule has 2 heterocycles. The first kappa shape index (κ1) is 12.2. The van der Waals surface area contributed by atoms with Crippen LogP contribution in [0, 0.1) is 6.92 Å². The van der Waals surface area contributed by atoms with E-state index < -0.39 is 11.9 Å². The summed E-state index contributed by atoms with van der Waals surface area (Å²) in [6.45, 7) is 1.77. The van der Waals surface area contributed by atoms with E-state index in [4.69, 9.17) is 0 Å². The molecule has 2 N–H and O–H groups in total. The topological polar surface area (TPSA) is 110 Å². The van der Waals surface area contributed by atoms with Gasteiger partial charge in [0, 0.05) is 0 Å². The number of esters is 1. The minimum atomic E-state index is -0.546. The van der Waals surface area contributed by atoms with Crippen molar-refractivity contribution < 1.29 is 14.3 Å². The highest BCUT2D eigenvalue weighted by Crippen LogP contribution is 2.28. The molecule has 8 nitrogen and oxygen atoms in total. The molecule has 0 aliphatic carbocycles. The van der Waals surface area contributed by atoms with E-state index in [0.717, 1.165) is 5.56 Å². The summed E-state index contributed by atoms with van der Waals surface area (Å²) >= 11 is 1.19. The Balaban J connectivity index is 2.26. The van der Waals surface area contributed by atoms with Crippen molar-refractivity contribution in [2.45, 2.75) is 6.92 Å². The standard InChI is InChI=1S/C9H9N5O3S/c1-4-3-18-6(9(16)17-2)5(4)10-8(15)7-11-13-14-12-7/h3H,1-2H3,(H,10,15)(H,11,12,13,14). The Morgan fingerprint density at radius 3 is 2.89 bits per heavy atom. The second-order valence-corrected chi connectivity index (χ2v) is 4.18. The molecule has 2 rings (SSSR count). The number of aromatic nitrogens is 4. The van der Waals surface area contributed by atoms with Gasteiger partial charge in [-0.2, -0.15) is 5.21 Å². The molecule has 94 valence electrons. The zero-order chi connectivity index (χ0) is 13.1. The van der Waals surface area contributed by atoms with E-state index >= 15 is 0 Å². The van der Waals surface area contributed by atoms with Crippen LogP contribution in [0.25, 0.3) is 0 Å². The van der Waals surface area contributed by atoms with Crippen LogP contribution in [-0.4, -0.2) is 39.6 Å². The number of anilines is 1. The third-order valence-electron chi connectivity index (χ3n) is 2.13. The number of thiophene rings is 1. The van der Waals surface area contributed by atoms with Crippen LogP contribution in [0.2, 0.25) is 0 Å². The van der Waals surface area contributed by atoms with Gasteiger partial charge < -0.3 is 10.1 Å². The molecule has 0 aliphatic heterocycles. The lowest BCUT2D eigenvalue weighted by molar-refractivity contribution is 0.0607. The summed E-state index contributed by atoms with van der Waals surface area (Å²) in [5.41, 5.74) is 1.17. The number of tetrazole rings is 1. The van der Waals surface area contributed by atoms with E-state index in [9.17, 15) is 9.59 Å². The van der Waals surface area contributed by atoms with Gasteiger partial charge in [0.2, 0.25) is 0 Å². The number of rotatable bonds is 3. The maximum atomic E-state index is 11.7. The van der Waals surface area contributed by atoms with Crippen LogP contribution >= 0.6 is 11.3 Å². The molecule has 1 amide bonds. The molecule has 0 unspecified atom stereocenters. The number of methoxy groups -OCH3 is 1. The summed E-state index contributed by atoms with van der Waals surface area (Å²) < 4.78 is 4.63. The van der Waals surface area contributed by atoms with Crippen molar-refractivity contribution in [2.75, 3.05) is 12.4 Å². The summed E-state index contributed by atoms with van der Waals surface area (Å²) in [6.07, 6.45) is 0. The van der Waals surface area contributed by atoms with E-state index in [1.165, 1.54) is 18.4 Å². The second-order valence-electron chi connectivity index (χ2n) is 3.30. The van der Waals surface area contributed by atoms with Gasteiger partial charge in [0.25, 0.3) is 11.7 Å². The number of nitrogens with one attached hydrogen (secondary N) is 2. The van der Waals surface area contributed by atoms with Gasteiger partial charge in [-0.25, -0.2) is 4.79 Å². The number of carbonyl (C=O) groups is 2. The van der Waals surface area contributed by atoms with E-state index in [1.54, 1.807) is 12.3 Å². The van der Waals surface area contributed by atoms with Gasteiger partial charge in [-0.15, -0.1) is 21.5 Å². The molecule has 9 heteroatoms. The highest BCUT2D eigenvalue weighted by atomic mass is 32.1. The van der Waals surface area contributed by atoms with E-state index in [-0.39, 0.29) is 5.82 Å². The fourth-order valence-corrected chi connectivity index (χ4v) is 2.19. The minimum absolute atomic E-state index is 0.101. The summed E-state index contributed by atoms with van der Waals surface area (Å²) in [7, 11) is 1.28. The van der Waals surface area contributed by atoms with E-state index in [2.05, 4.69) is 30.7 Å². The van der Waals surface area contributed by atoms with Gasteiger partial charge >= 0.3 is 5.97 Å². The summed E-state index contributed by atoms with van der Waals surface area (Å²) in [5, 5.41) is 16.9. The highest BCUT2D eigenvalue weighted by Gasteiger charge is 2.20. The fraction of sp³-hybridized carbons (Fsp3) is 0.222. The molecule has 0 aromatic carbocycles. The van der Waals surface area contributed by atoms with Gasteiger partial charge in [0.05, 0.1) is 12.8 Å². The molecule has 0 radical (unpaired) electrons. The number of hydrogen-bond acceptors (Lipinski definition) is 7. The number of ether oxygens (including phenoxy) is 1. The third-order valence-corrected chi connectivity index (χ3v) is 3.21. The first-order valence-electron chi connectivity index (χ1n) is 4.84. The molecule has 18 heavy (non-hydrogen) atoms. The molecular formula is C9H9N5O3S. The van der Waals surface area contributed by atoms with Crippen molar-refractivity contribution >= 4 is 28.9 Å². The van der Waals surface area contributed by atoms with Crippen molar-refractivity contribution in [3.63, 3.8) is 0 Å². The van der Waals surface area contributed by atoms with Crippen molar-refractivity contribution in [1.82, 2.24) is 20.6 Å². The average molecular weight is 267 g/mol. The molecule has 0 fully saturated rings. The van der Waals surface area contributed by atoms with E-state index in [0.29, 0.717) is 10.6 Å². The van der Waals surface area contributed by atoms with Crippen LogP contribution in [0.1, 0.15) is 25.9 Å². The minimum Gasteiger partial charge on any atom is -0.465 e. The smallest absolute Gasteiger partial charge is 0.350 e. The van der Waals surface area contributed by atoms with Gasteiger partial charge in [0.15, 0.2) is 0 Å². The average Bonchev–Trinajstić information content (AvgIpc) is 2.99. The lowest BCUT2D eigenvalue weighted by atomic mass is 10.2. The molecule has 0 aliphatic rings. The second kappa shape index (κ2) is 4.92. The maximum Gasteiger partial charge on any atom is 0.350 e. The van der Waals surface area contributed by atoms with Crippen LogP contribution < -0.4 is 5.32 Å². The SMILES string of the molecule is COC(=O)c1scc(C)c1NC(=O)c1nn[nH]n1. The maximum absolute atomic E-state index is 11.7. The predicted molar refractivity (Wildman–Crippen MR) is 62.5 cm³/mol. The number of hydrogen-bond donors (Lipinski definition) is 2. The molecule has 0 saturated heterocycles. The summed E-state index contributed by atoms with van der Waals surface area (Å²) in [6, 6.07) is 0. The molecular weight excluding hydrogens is 258 g/mol. The molecule has 0 spiro atoms. The molecule has 2 aromatic rings. The zero-order valence-electron chi connectivity index (χ0n) is 9.55. The largest absolute Gasteiger partial charge is 0.465 e. The lowest BCUT2D eigenvalue weighted by Gasteiger charge is -2.04. The van der Waals surface area contributed by atoms with E-state index in [1.807, 2.05) is 0 Å². The van der Waals surface area contributed by atoms with Crippen molar-refractivity contribution in [3.05, 3.63) is 21.6 Å². The number of nitrogens with zero attached hydrogens (tertiary/aromatic N) is 3. The molecule has 2 aromatic heterocycles. The molecule has 0 bridgehead atoms. The summed E-state index contributed by atoms with van der Waals surface area (Å²) in [4.78, 5) is 23.6. The number of H-pyrrole nitrogens is 1. The number of aromatic amines is 1. The zero-order valence-corrected chi connectivity index (χ0v) is 10.4. The van der Waals surface area contributed by atoms with Crippen molar-refractivity contribution in [2.24, 2.45) is 0 Å². The Bertz CT molecular complexity index is 577. The monoisotopic (exact) mass is 267 g/mol. The molecule has 0 atom stereocenters. The normalized spacial score (nSPS) is 10.1. The Hall–Kier alpha value is -2.29.